The van der Waals surface area contributed by atoms with Crippen LogP contribution >= 0.6 is 0 Å². The summed E-state index contributed by atoms with van der Waals surface area (Å²) in [7, 11) is 0. The van der Waals surface area contributed by atoms with E-state index in [1.807, 2.05) is 0 Å². The Morgan fingerprint density at radius 2 is 0.877 bits per heavy atom. The lowest BCUT2D eigenvalue weighted by atomic mass is 9.96. The van der Waals surface area contributed by atoms with Crippen molar-refractivity contribution in [1.29, 1.82) is 5.26 Å². The fourth-order valence-electron chi connectivity index (χ4n) is 6.60. The van der Waals surface area contributed by atoms with Crippen molar-refractivity contribution in [3.63, 3.8) is 0 Å². The number of nitrogens with zero attached hydrogens (tertiary/aromatic N) is 5. The summed E-state index contributed by atoms with van der Waals surface area (Å²) in [6, 6.07) is 16.6. The van der Waals surface area contributed by atoms with Gasteiger partial charge in [0.25, 0.3) is 0 Å². The first-order chi connectivity index (χ1) is 26.5. The van der Waals surface area contributed by atoms with Gasteiger partial charge in [-0.05, 0) is 115 Å². The lowest BCUT2D eigenvalue weighted by molar-refractivity contribution is -0.144. The molecule has 0 saturated carbocycles. The zero-order valence-corrected chi connectivity index (χ0v) is 28.9. The normalized spacial score (nSPS) is 12.7. The van der Waals surface area contributed by atoms with Crippen LogP contribution in [-0.2, 0) is 24.7 Å². The highest BCUT2D eigenvalue weighted by Gasteiger charge is 2.38. The molecule has 5 aromatic carbocycles. The molecule has 0 aliphatic heterocycles. The largest absolute Gasteiger partial charge is 0.416 e. The molecule has 2 heterocycles. The first kappa shape index (κ1) is 38.8. The Labute approximate surface area is 313 Å². The molecule has 5 nitrogen and oxygen atoms in total. The number of rotatable bonds is 4. The summed E-state index contributed by atoms with van der Waals surface area (Å²) < 4.78 is 167. The third-order valence-electron chi connectivity index (χ3n) is 9.09. The molecular weight excluding hydrogens is 778 g/mol. The Hall–Kier alpha value is -6.44. The zero-order valence-electron chi connectivity index (χ0n) is 28.9. The topological polar surface area (TPSA) is 67.4 Å². The molecule has 0 aliphatic rings. The highest BCUT2D eigenvalue weighted by Crippen LogP contribution is 2.43. The number of fused-ring (bicyclic) bond motifs is 3. The van der Waals surface area contributed by atoms with Crippen molar-refractivity contribution in [3.05, 3.63) is 130 Å². The zero-order chi connectivity index (χ0) is 41.4. The van der Waals surface area contributed by atoms with Crippen molar-refractivity contribution in [1.82, 2.24) is 19.5 Å². The monoisotopic (exact) mass is 799 g/mol. The van der Waals surface area contributed by atoms with Gasteiger partial charge in [-0.15, -0.1) is 0 Å². The quantitative estimate of drug-likeness (QED) is 0.166. The van der Waals surface area contributed by atoms with Crippen LogP contribution in [0, 0.1) is 25.2 Å². The number of hydrogen-bond donors (Lipinski definition) is 0. The number of aryl methyl sites for hydroxylation is 2. The van der Waals surface area contributed by atoms with Crippen molar-refractivity contribution in [3.8, 4) is 45.4 Å². The van der Waals surface area contributed by atoms with E-state index in [0.717, 1.165) is 0 Å². The third-order valence-corrected chi connectivity index (χ3v) is 9.09. The maximum atomic E-state index is 13.8. The molecule has 0 radical (unpaired) electrons. The Morgan fingerprint density at radius 1 is 0.474 bits per heavy atom. The molecule has 0 saturated heterocycles. The van der Waals surface area contributed by atoms with Crippen LogP contribution in [0.5, 0.6) is 0 Å². The van der Waals surface area contributed by atoms with Gasteiger partial charge in [0.15, 0.2) is 5.82 Å². The summed E-state index contributed by atoms with van der Waals surface area (Å²) in [4.78, 5) is 12.7. The van der Waals surface area contributed by atoms with Gasteiger partial charge < -0.3 is 4.57 Å². The van der Waals surface area contributed by atoms with E-state index in [4.69, 9.17) is 0 Å². The first-order valence-electron chi connectivity index (χ1n) is 16.4. The van der Waals surface area contributed by atoms with Crippen molar-refractivity contribution in [2.24, 2.45) is 0 Å². The molecule has 0 unspecified atom stereocenters. The molecular formula is C40H21F12N5. The first-order valence-corrected chi connectivity index (χ1v) is 16.4. The van der Waals surface area contributed by atoms with Crippen LogP contribution in [0.2, 0.25) is 0 Å². The van der Waals surface area contributed by atoms with E-state index in [-0.39, 0.29) is 56.5 Å². The van der Waals surface area contributed by atoms with Crippen LogP contribution in [0.1, 0.15) is 39.5 Å². The maximum Gasteiger partial charge on any atom is 0.416 e. The van der Waals surface area contributed by atoms with Crippen LogP contribution in [0.15, 0.2) is 91.0 Å². The summed E-state index contributed by atoms with van der Waals surface area (Å²) in [5.41, 5.74) is -6.18. The molecule has 0 aliphatic carbocycles. The molecule has 17 heteroatoms. The SMILES string of the molecule is Cc1nc(C)nc(-c2ccc(-n3c4ccc(-c5cc(C(F)(F)F)cc(C(F)(F)F)c5)cc4c4cc(-c5cc(C(F)(F)F)cc(C(F)(F)F)c5)ccc43)cc2C#N)n1. The van der Waals surface area contributed by atoms with Crippen molar-refractivity contribution >= 4 is 21.8 Å². The van der Waals surface area contributed by atoms with E-state index in [0.29, 0.717) is 47.2 Å². The summed E-state index contributed by atoms with van der Waals surface area (Å²) in [6.07, 6.45) is -20.6. The summed E-state index contributed by atoms with van der Waals surface area (Å²) in [5, 5.41) is 10.5. The predicted molar refractivity (Wildman–Crippen MR) is 185 cm³/mol. The van der Waals surface area contributed by atoms with Gasteiger partial charge in [-0.3, -0.25) is 0 Å². The van der Waals surface area contributed by atoms with Gasteiger partial charge in [-0.25, -0.2) is 15.0 Å². The number of benzene rings is 5. The minimum Gasteiger partial charge on any atom is -0.309 e. The standard InChI is InChI=1S/C40H21F12N5/c1-19-54-20(2)56-36(55-19)31-6-5-30(13-25(31)18-53)57-34-7-3-21(23-9-26(37(41,42)43)16-27(10-23)38(44,45)46)14-32(34)33-15-22(4-8-35(33)57)24-11-28(39(47,48)49)17-29(12-24)40(50,51)52/h3-17H,1-2H3. The smallest absolute Gasteiger partial charge is 0.309 e. The fourth-order valence-corrected chi connectivity index (χ4v) is 6.60. The van der Waals surface area contributed by atoms with Crippen LogP contribution in [0.4, 0.5) is 52.7 Å². The molecule has 0 atom stereocenters. The Morgan fingerprint density at radius 3 is 1.25 bits per heavy atom. The van der Waals surface area contributed by atoms with Gasteiger partial charge >= 0.3 is 24.7 Å². The van der Waals surface area contributed by atoms with E-state index in [2.05, 4.69) is 21.0 Å². The second kappa shape index (κ2) is 13.4. The Balaban J connectivity index is 1.51. The fraction of sp³-hybridized carbons (Fsp3) is 0.150. The molecule has 7 rings (SSSR count). The minimum atomic E-state index is -5.16. The van der Waals surface area contributed by atoms with Crippen molar-refractivity contribution in [2.75, 3.05) is 0 Å². The van der Waals surface area contributed by atoms with Crippen LogP contribution in [-0.4, -0.2) is 19.5 Å². The average Bonchev–Trinajstić information content (AvgIpc) is 3.45. The predicted octanol–water partition coefficient (Wildman–Crippen LogP) is 12.5. The maximum absolute atomic E-state index is 13.8. The molecule has 2 aromatic heterocycles. The number of halogens is 12. The molecule has 0 amide bonds. The number of hydrogen-bond acceptors (Lipinski definition) is 4. The minimum absolute atomic E-state index is 0.0273. The molecule has 0 bridgehead atoms. The molecule has 57 heavy (non-hydrogen) atoms. The van der Waals surface area contributed by atoms with Crippen molar-refractivity contribution in [2.45, 2.75) is 38.6 Å². The van der Waals surface area contributed by atoms with E-state index < -0.39 is 58.1 Å². The second-order valence-corrected chi connectivity index (χ2v) is 13.0. The van der Waals surface area contributed by atoms with Crippen LogP contribution in [0.3, 0.4) is 0 Å². The molecule has 290 valence electrons. The number of aromatic nitrogens is 4. The summed E-state index contributed by atoms with van der Waals surface area (Å²) >= 11 is 0. The van der Waals surface area contributed by atoms with Crippen molar-refractivity contribution < 1.29 is 52.7 Å². The van der Waals surface area contributed by atoms with Gasteiger partial charge in [0.1, 0.15) is 11.6 Å². The van der Waals surface area contributed by atoms with E-state index in [9.17, 15) is 57.9 Å². The van der Waals surface area contributed by atoms with E-state index in [1.54, 1.807) is 30.5 Å². The number of nitriles is 1. The third kappa shape index (κ3) is 7.46. The molecule has 7 aromatic rings. The van der Waals surface area contributed by atoms with Gasteiger partial charge in [0.2, 0.25) is 0 Å². The van der Waals surface area contributed by atoms with Gasteiger partial charge in [0.05, 0.1) is 44.9 Å². The Bertz CT molecular complexity index is 2570. The molecule has 0 fully saturated rings. The average molecular weight is 800 g/mol. The highest BCUT2D eigenvalue weighted by atomic mass is 19.4. The van der Waals surface area contributed by atoms with E-state index in [1.165, 1.54) is 42.5 Å². The van der Waals surface area contributed by atoms with Gasteiger partial charge in [-0.2, -0.15) is 57.9 Å². The van der Waals surface area contributed by atoms with E-state index >= 15 is 0 Å². The Kier molecular flexibility index (Phi) is 9.09. The highest BCUT2D eigenvalue weighted by molar-refractivity contribution is 6.11. The van der Waals surface area contributed by atoms with Crippen LogP contribution < -0.4 is 0 Å². The van der Waals surface area contributed by atoms with Crippen LogP contribution in [0.25, 0.3) is 61.1 Å². The summed E-state index contributed by atoms with van der Waals surface area (Å²) in [5.74, 6) is 0.953. The molecule has 0 spiro atoms. The summed E-state index contributed by atoms with van der Waals surface area (Å²) in [6.45, 7) is 3.26. The van der Waals surface area contributed by atoms with Gasteiger partial charge in [-0.1, -0.05) is 12.1 Å². The number of alkyl halides is 12. The lowest BCUT2D eigenvalue weighted by Crippen LogP contribution is -2.11. The van der Waals surface area contributed by atoms with Gasteiger partial charge in [0, 0.05) is 22.0 Å². The molecule has 0 N–H and O–H groups in total. The lowest BCUT2D eigenvalue weighted by Gasteiger charge is -2.15. The second-order valence-electron chi connectivity index (χ2n) is 13.0.